The molecule has 4 nitrogen and oxygen atoms in total. The van der Waals surface area contributed by atoms with Gasteiger partial charge in [0, 0.05) is 17.7 Å². The van der Waals surface area contributed by atoms with Gasteiger partial charge in [0.2, 0.25) is 0 Å². The fraction of sp³-hybridized carbons (Fsp3) is 0.136. The summed E-state index contributed by atoms with van der Waals surface area (Å²) in [7, 11) is 0. The summed E-state index contributed by atoms with van der Waals surface area (Å²) in [6, 6.07) is 23.3. The standard InChI is InChI=1S/C22H21NO3/c23-20-9-5-4-8-19(20)17-10-12-21(18(14-17)11-13-22(24)25)26-15-16-6-2-1-3-7-16/h1-10,12,14H,11,13,15,23H2,(H,24,25). The summed E-state index contributed by atoms with van der Waals surface area (Å²) in [5, 5.41) is 9.04. The van der Waals surface area contributed by atoms with Crippen LogP contribution in [0.4, 0.5) is 5.69 Å². The lowest BCUT2D eigenvalue weighted by molar-refractivity contribution is -0.136. The Morgan fingerprint density at radius 2 is 1.69 bits per heavy atom. The highest BCUT2D eigenvalue weighted by Crippen LogP contribution is 2.31. The second-order valence-electron chi connectivity index (χ2n) is 6.08. The molecule has 0 aliphatic heterocycles. The van der Waals surface area contributed by atoms with Gasteiger partial charge in [0.1, 0.15) is 12.4 Å². The van der Waals surface area contributed by atoms with Crippen LogP contribution in [0.3, 0.4) is 0 Å². The Morgan fingerprint density at radius 1 is 0.962 bits per heavy atom. The van der Waals surface area contributed by atoms with Gasteiger partial charge in [-0.25, -0.2) is 0 Å². The molecule has 3 rings (SSSR count). The van der Waals surface area contributed by atoms with Gasteiger partial charge < -0.3 is 15.6 Å². The van der Waals surface area contributed by atoms with E-state index >= 15 is 0 Å². The molecule has 0 aliphatic rings. The fourth-order valence-electron chi connectivity index (χ4n) is 2.82. The van der Waals surface area contributed by atoms with Gasteiger partial charge in [-0.05, 0) is 41.3 Å². The number of carbonyl (C=O) groups is 1. The number of ether oxygens (including phenoxy) is 1. The molecule has 3 aromatic carbocycles. The summed E-state index contributed by atoms with van der Waals surface area (Å²) in [6.07, 6.45) is 0.454. The van der Waals surface area contributed by atoms with E-state index in [9.17, 15) is 4.79 Å². The van der Waals surface area contributed by atoms with E-state index in [1.807, 2.05) is 72.8 Å². The second-order valence-corrected chi connectivity index (χ2v) is 6.08. The summed E-state index contributed by atoms with van der Waals surface area (Å²) in [5.41, 5.74) is 10.6. The van der Waals surface area contributed by atoms with Crippen LogP contribution in [0.25, 0.3) is 11.1 Å². The normalized spacial score (nSPS) is 10.5. The van der Waals surface area contributed by atoms with E-state index in [4.69, 9.17) is 15.6 Å². The molecular formula is C22H21NO3. The zero-order valence-corrected chi connectivity index (χ0v) is 14.4. The molecule has 3 aromatic rings. The number of carboxylic acid groups (broad SMARTS) is 1. The number of para-hydroxylation sites is 1. The van der Waals surface area contributed by atoms with Crippen LogP contribution in [-0.4, -0.2) is 11.1 Å². The van der Waals surface area contributed by atoms with E-state index in [0.717, 1.165) is 22.3 Å². The van der Waals surface area contributed by atoms with Crippen LogP contribution in [0.15, 0.2) is 72.8 Å². The van der Waals surface area contributed by atoms with Gasteiger partial charge in [0.25, 0.3) is 0 Å². The van der Waals surface area contributed by atoms with Crippen LogP contribution in [0.5, 0.6) is 5.75 Å². The average molecular weight is 347 g/mol. The highest BCUT2D eigenvalue weighted by atomic mass is 16.5. The minimum Gasteiger partial charge on any atom is -0.489 e. The maximum absolute atomic E-state index is 11.0. The highest BCUT2D eigenvalue weighted by Gasteiger charge is 2.10. The van der Waals surface area contributed by atoms with Crippen molar-refractivity contribution in [2.24, 2.45) is 0 Å². The first kappa shape index (κ1) is 17.5. The van der Waals surface area contributed by atoms with Crippen molar-refractivity contribution in [3.05, 3.63) is 83.9 Å². The molecule has 0 saturated carbocycles. The molecule has 0 aromatic heterocycles. The Labute approximate surface area is 152 Å². The van der Waals surface area contributed by atoms with Crippen molar-refractivity contribution in [3.63, 3.8) is 0 Å². The quantitative estimate of drug-likeness (QED) is 0.616. The molecule has 0 aliphatic carbocycles. The lowest BCUT2D eigenvalue weighted by atomic mass is 9.99. The van der Waals surface area contributed by atoms with Gasteiger partial charge in [-0.2, -0.15) is 0 Å². The summed E-state index contributed by atoms with van der Waals surface area (Å²) in [4.78, 5) is 11.0. The molecule has 0 spiro atoms. The molecule has 4 heteroatoms. The van der Waals surface area contributed by atoms with Gasteiger partial charge in [0.05, 0.1) is 0 Å². The molecule has 0 heterocycles. The van der Waals surface area contributed by atoms with Crippen molar-refractivity contribution >= 4 is 11.7 Å². The first-order valence-electron chi connectivity index (χ1n) is 8.50. The number of nitrogen functional groups attached to an aromatic ring is 1. The average Bonchev–Trinajstić information content (AvgIpc) is 2.66. The zero-order valence-electron chi connectivity index (χ0n) is 14.4. The predicted octanol–water partition coefficient (Wildman–Crippen LogP) is 4.53. The Morgan fingerprint density at radius 3 is 2.42 bits per heavy atom. The lowest BCUT2D eigenvalue weighted by Gasteiger charge is -2.14. The first-order chi connectivity index (χ1) is 12.6. The van der Waals surface area contributed by atoms with Gasteiger partial charge in [0.15, 0.2) is 0 Å². The number of benzene rings is 3. The monoisotopic (exact) mass is 347 g/mol. The molecular weight excluding hydrogens is 326 g/mol. The molecule has 0 saturated heterocycles. The van der Waals surface area contributed by atoms with E-state index in [-0.39, 0.29) is 6.42 Å². The van der Waals surface area contributed by atoms with E-state index in [2.05, 4.69) is 0 Å². The molecule has 0 atom stereocenters. The van der Waals surface area contributed by atoms with E-state index in [1.165, 1.54) is 0 Å². The van der Waals surface area contributed by atoms with Crippen LogP contribution < -0.4 is 10.5 Å². The lowest BCUT2D eigenvalue weighted by Crippen LogP contribution is -2.02. The highest BCUT2D eigenvalue weighted by molar-refractivity contribution is 5.77. The van der Waals surface area contributed by atoms with Crippen LogP contribution in [0, 0.1) is 0 Å². The number of carboxylic acids is 1. The van der Waals surface area contributed by atoms with Gasteiger partial charge >= 0.3 is 5.97 Å². The Bertz CT molecular complexity index is 891. The van der Waals surface area contributed by atoms with Crippen molar-refractivity contribution < 1.29 is 14.6 Å². The molecule has 0 radical (unpaired) electrons. The minimum absolute atomic E-state index is 0.0510. The van der Waals surface area contributed by atoms with Crippen molar-refractivity contribution in [3.8, 4) is 16.9 Å². The van der Waals surface area contributed by atoms with Crippen molar-refractivity contribution in [1.29, 1.82) is 0 Å². The SMILES string of the molecule is Nc1ccccc1-c1ccc(OCc2ccccc2)c(CCC(=O)O)c1. The predicted molar refractivity (Wildman–Crippen MR) is 103 cm³/mol. The molecule has 0 fully saturated rings. The third-order valence-electron chi connectivity index (χ3n) is 4.18. The Hall–Kier alpha value is -3.27. The molecule has 3 N–H and O–H groups in total. The number of aliphatic carboxylic acids is 1. The van der Waals surface area contributed by atoms with Gasteiger partial charge in [-0.3, -0.25) is 4.79 Å². The van der Waals surface area contributed by atoms with Crippen molar-refractivity contribution in [2.75, 3.05) is 5.73 Å². The third-order valence-corrected chi connectivity index (χ3v) is 4.18. The van der Waals surface area contributed by atoms with E-state index in [0.29, 0.717) is 24.5 Å². The molecule has 0 unspecified atom stereocenters. The van der Waals surface area contributed by atoms with Crippen LogP contribution in [-0.2, 0) is 17.8 Å². The topological polar surface area (TPSA) is 72.5 Å². The fourth-order valence-corrected chi connectivity index (χ4v) is 2.82. The number of hydrogen-bond donors (Lipinski definition) is 2. The maximum atomic E-state index is 11.0. The van der Waals surface area contributed by atoms with Crippen molar-refractivity contribution in [2.45, 2.75) is 19.4 Å². The summed E-state index contributed by atoms with van der Waals surface area (Å²) in [5.74, 6) is -0.128. The zero-order chi connectivity index (χ0) is 18.4. The summed E-state index contributed by atoms with van der Waals surface area (Å²) in [6.45, 7) is 0.438. The van der Waals surface area contributed by atoms with Crippen LogP contribution in [0.1, 0.15) is 17.5 Å². The van der Waals surface area contributed by atoms with Gasteiger partial charge in [-0.15, -0.1) is 0 Å². The molecule has 0 amide bonds. The Balaban J connectivity index is 1.88. The van der Waals surface area contributed by atoms with Crippen molar-refractivity contribution in [1.82, 2.24) is 0 Å². The van der Waals surface area contributed by atoms with Crippen LogP contribution in [0.2, 0.25) is 0 Å². The molecule has 132 valence electrons. The largest absolute Gasteiger partial charge is 0.489 e. The Kier molecular flexibility index (Phi) is 5.54. The second kappa shape index (κ2) is 8.21. The number of nitrogens with two attached hydrogens (primary N) is 1. The third kappa shape index (κ3) is 4.42. The van der Waals surface area contributed by atoms with Crippen LogP contribution >= 0.6 is 0 Å². The smallest absolute Gasteiger partial charge is 0.303 e. The van der Waals surface area contributed by atoms with Gasteiger partial charge in [-0.1, -0.05) is 54.6 Å². The number of anilines is 1. The summed E-state index contributed by atoms with van der Waals surface area (Å²) >= 11 is 0. The van der Waals surface area contributed by atoms with E-state index < -0.39 is 5.97 Å². The number of rotatable bonds is 7. The first-order valence-corrected chi connectivity index (χ1v) is 8.50. The maximum Gasteiger partial charge on any atom is 0.303 e. The summed E-state index contributed by atoms with van der Waals surface area (Å²) < 4.78 is 5.95. The number of hydrogen-bond acceptors (Lipinski definition) is 3. The van der Waals surface area contributed by atoms with E-state index in [1.54, 1.807) is 0 Å². The molecule has 0 bridgehead atoms. The molecule has 26 heavy (non-hydrogen) atoms. The minimum atomic E-state index is -0.830. The number of aryl methyl sites for hydroxylation is 1.